The number of pyridine rings is 1. The topological polar surface area (TPSA) is 49.6 Å². The average molecular weight is 591 g/mol. The molecule has 0 aliphatic carbocycles. The molecule has 0 unspecified atom stereocenters. The van der Waals surface area contributed by atoms with Gasteiger partial charge in [-0.2, -0.15) is 0 Å². The van der Waals surface area contributed by atoms with Gasteiger partial charge in [0.25, 0.3) is 5.91 Å². The van der Waals surface area contributed by atoms with Crippen LogP contribution in [0.5, 0.6) is 0 Å². The van der Waals surface area contributed by atoms with Crippen LogP contribution in [0.15, 0.2) is 60.8 Å². The number of carbonyl (C=O) groups excluding carboxylic acids is 1. The van der Waals surface area contributed by atoms with Gasteiger partial charge in [-0.25, -0.2) is 9.99 Å². The van der Waals surface area contributed by atoms with Crippen LogP contribution in [0.25, 0.3) is 28.2 Å². The van der Waals surface area contributed by atoms with Gasteiger partial charge in [-0.3, -0.25) is 14.6 Å². The lowest BCUT2D eigenvalue weighted by molar-refractivity contribution is 0.0751. The van der Waals surface area contributed by atoms with Gasteiger partial charge in [0.1, 0.15) is 0 Å². The molecule has 4 aromatic rings. The second-order valence-electron chi connectivity index (χ2n) is 8.08. The van der Waals surface area contributed by atoms with E-state index in [1.807, 2.05) is 70.2 Å². The summed E-state index contributed by atoms with van der Waals surface area (Å²) in [5.74, 6) is -0.143. The number of nitrogens with one attached hydrogen (secondary N) is 1. The molecule has 5 nitrogen and oxygen atoms in total. The van der Waals surface area contributed by atoms with Crippen LogP contribution in [0.4, 0.5) is 0 Å². The smallest absolute Gasteiger partial charge is 0.269 e. The number of hydrogen-bond donors (Lipinski definition) is 1. The summed E-state index contributed by atoms with van der Waals surface area (Å²) < 4.78 is 2.94. The van der Waals surface area contributed by atoms with Gasteiger partial charge >= 0.3 is 0 Å². The van der Waals surface area contributed by atoms with E-state index in [0.717, 1.165) is 52.0 Å². The fourth-order valence-electron chi connectivity index (χ4n) is 4.18. The zero-order valence-corrected chi connectivity index (χ0v) is 21.4. The van der Waals surface area contributed by atoms with E-state index in [4.69, 9.17) is 28.2 Å². The van der Waals surface area contributed by atoms with Crippen LogP contribution in [-0.2, 0) is 0 Å². The lowest BCUT2D eigenvalue weighted by atomic mass is 10.0. The molecule has 1 amide bonds. The Morgan fingerprint density at radius 3 is 2.15 bits per heavy atom. The van der Waals surface area contributed by atoms with Crippen LogP contribution in [0.1, 0.15) is 29.6 Å². The predicted octanol–water partition coefficient (Wildman–Crippen LogP) is 6.71. The number of amides is 1. The molecule has 33 heavy (non-hydrogen) atoms. The molecule has 2 aromatic heterocycles. The highest BCUT2D eigenvalue weighted by Gasteiger charge is 2.23. The highest BCUT2D eigenvalue weighted by molar-refractivity contribution is 14.1. The number of halogens is 3. The van der Waals surface area contributed by atoms with Crippen LogP contribution < -0.4 is 5.43 Å². The molecular weight excluding hydrogens is 570 g/mol. The summed E-state index contributed by atoms with van der Waals surface area (Å²) in [6.07, 6.45) is 5.39. The van der Waals surface area contributed by atoms with Gasteiger partial charge in [-0.1, -0.05) is 53.9 Å². The average Bonchev–Trinajstić information content (AvgIpc) is 3.19. The fourth-order valence-corrected chi connectivity index (χ4v) is 5.02. The van der Waals surface area contributed by atoms with E-state index in [0.29, 0.717) is 21.3 Å². The number of benzene rings is 2. The van der Waals surface area contributed by atoms with Gasteiger partial charge in [0.05, 0.1) is 17.0 Å². The number of rotatable bonds is 4. The molecule has 3 heterocycles. The monoisotopic (exact) mass is 590 g/mol. The van der Waals surface area contributed by atoms with E-state index < -0.39 is 0 Å². The summed E-state index contributed by atoms with van der Waals surface area (Å²) in [6, 6.07) is 17.1. The Balaban J connectivity index is 1.69. The Morgan fingerprint density at radius 2 is 1.52 bits per heavy atom. The molecule has 1 aliphatic heterocycles. The summed E-state index contributed by atoms with van der Waals surface area (Å²) in [5, 5.41) is 3.33. The fraction of sp³-hybridized carbons (Fsp3) is 0.200. The third-order valence-corrected chi connectivity index (χ3v) is 6.88. The molecule has 168 valence electrons. The Kier molecular flexibility index (Phi) is 6.60. The molecule has 2 aromatic carbocycles. The standard InChI is InChI=1S/C25H21Cl2IN4O/c26-18-8-4-16(5-9-18)22-23(17-6-10-19(27)11-7-17)32-15-20(28)14-21(24(32)29-22)25(33)30-31-12-2-1-3-13-31/h4-11,14-15H,1-3,12-13H2,(H,30,33). The summed E-state index contributed by atoms with van der Waals surface area (Å²) in [5.41, 5.74) is 7.80. The third-order valence-electron chi connectivity index (χ3n) is 5.78. The van der Waals surface area contributed by atoms with E-state index >= 15 is 0 Å². The van der Waals surface area contributed by atoms with Crippen molar-refractivity contribution < 1.29 is 4.79 Å². The van der Waals surface area contributed by atoms with Crippen molar-refractivity contribution in [3.63, 3.8) is 0 Å². The second-order valence-corrected chi connectivity index (χ2v) is 10.2. The van der Waals surface area contributed by atoms with Crippen molar-refractivity contribution in [1.82, 2.24) is 19.8 Å². The zero-order valence-electron chi connectivity index (χ0n) is 17.7. The van der Waals surface area contributed by atoms with Crippen molar-refractivity contribution in [3.8, 4) is 22.5 Å². The molecule has 5 rings (SSSR count). The minimum atomic E-state index is -0.143. The Hall–Kier alpha value is -2.13. The van der Waals surface area contributed by atoms with Gasteiger partial charge in [-0.15, -0.1) is 0 Å². The van der Waals surface area contributed by atoms with Crippen LogP contribution in [0.2, 0.25) is 10.0 Å². The quantitative estimate of drug-likeness (QED) is 0.269. The van der Waals surface area contributed by atoms with Crippen LogP contribution in [0.3, 0.4) is 0 Å². The zero-order chi connectivity index (χ0) is 22.9. The summed E-state index contributed by atoms with van der Waals surface area (Å²) in [7, 11) is 0. The van der Waals surface area contributed by atoms with E-state index in [-0.39, 0.29) is 5.91 Å². The molecule has 0 radical (unpaired) electrons. The van der Waals surface area contributed by atoms with Crippen LogP contribution in [0, 0.1) is 3.57 Å². The number of aromatic nitrogens is 2. The van der Waals surface area contributed by atoms with E-state index in [1.165, 1.54) is 6.42 Å². The van der Waals surface area contributed by atoms with Crippen molar-refractivity contribution >= 4 is 57.3 Å². The lowest BCUT2D eigenvalue weighted by Gasteiger charge is -2.26. The Bertz CT molecular complexity index is 1310. The number of nitrogens with zero attached hydrogens (tertiary/aromatic N) is 3. The predicted molar refractivity (Wildman–Crippen MR) is 142 cm³/mol. The number of piperidine rings is 1. The Morgan fingerprint density at radius 1 is 0.909 bits per heavy atom. The minimum Gasteiger partial charge on any atom is -0.297 e. The molecule has 8 heteroatoms. The van der Waals surface area contributed by atoms with Gasteiger partial charge in [0.15, 0.2) is 5.65 Å². The molecule has 1 fully saturated rings. The molecule has 0 saturated carbocycles. The maximum absolute atomic E-state index is 13.3. The molecule has 0 spiro atoms. The molecule has 1 saturated heterocycles. The number of hydrogen-bond acceptors (Lipinski definition) is 3. The van der Waals surface area contributed by atoms with Gasteiger partial charge < -0.3 is 0 Å². The normalized spacial score (nSPS) is 14.5. The van der Waals surface area contributed by atoms with Gasteiger partial charge in [0, 0.05) is 44.0 Å². The SMILES string of the molecule is O=C(NN1CCCCC1)c1cc(I)cn2c(-c3ccc(Cl)cc3)c(-c3ccc(Cl)cc3)nc12. The van der Waals surface area contributed by atoms with E-state index in [9.17, 15) is 4.79 Å². The first-order valence-electron chi connectivity index (χ1n) is 10.8. The van der Waals surface area contributed by atoms with Crippen molar-refractivity contribution in [2.75, 3.05) is 13.1 Å². The molecule has 1 N–H and O–H groups in total. The molecular formula is C25H21Cl2IN4O. The first-order valence-corrected chi connectivity index (χ1v) is 12.6. The Labute approximate surface area is 215 Å². The third kappa shape index (κ3) is 4.75. The van der Waals surface area contributed by atoms with Crippen molar-refractivity contribution in [3.05, 3.63) is 80.0 Å². The lowest BCUT2D eigenvalue weighted by Crippen LogP contribution is -2.45. The first-order chi connectivity index (χ1) is 16.0. The second kappa shape index (κ2) is 9.62. The number of fused-ring (bicyclic) bond motifs is 1. The van der Waals surface area contributed by atoms with E-state index in [2.05, 4.69) is 28.0 Å². The highest BCUT2D eigenvalue weighted by Crippen LogP contribution is 2.35. The van der Waals surface area contributed by atoms with Crippen molar-refractivity contribution in [1.29, 1.82) is 0 Å². The molecule has 0 atom stereocenters. The van der Waals surface area contributed by atoms with Gasteiger partial charge in [0.2, 0.25) is 0 Å². The van der Waals surface area contributed by atoms with Crippen molar-refractivity contribution in [2.24, 2.45) is 0 Å². The first kappa shape index (κ1) is 22.7. The van der Waals surface area contributed by atoms with Gasteiger partial charge in [-0.05, 0) is 65.8 Å². The summed E-state index contributed by atoms with van der Waals surface area (Å²) in [6.45, 7) is 1.74. The number of carbonyl (C=O) groups is 1. The summed E-state index contributed by atoms with van der Waals surface area (Å²) in [4.78, 5) is 18.3. The molecule has 0 bridgehead atoms. The highest BCUT2D eigenvalue weighted by atomic mass is 127. The summed E-state index contributed by atoms with van der Waals surface area (Å²) >= 11 is 14.5. The number of hydrazine groups is 1. The minimum absolute atomic E-state index is 0.143. The molecule has 1 aliphatic rings. The number of imidazole rings is 1. The van der Waals surface area contributed by atoms with Crippen molar-refractivity contribution in [2.45, 2.75) is 19.3 Å². The maximum Gasteiger partial charge on any atom is 0.269 e. The van der Waals surface area contributed by atoms with Crippen LogP contribution in [-0.4, -0.2) is 33.4 Å². The maximum atomic E-state index is 13.3. The largest absolute Gasteiger partial charge is 0.297 e. The van der Waals surface area contributed by atoms with E-state index in [1.54, 1.807) is 0 Å². The van der Waals surface area contributed by atoms with Crippen LogP contribution >= 0.6 is 45.8 Å².